The van der Waals surface area contributed by atoms with Crippen molar-refractivity contribution < 1.29 is 0 Å². The maximum Gasteiger partial charge on any atom is 0.127 e. The van der Waals surface area contributed by atoms with Gasteiger partial charge < -0.3 is 5.73 Å². The van der Waals surface area contributed by atoms with Crippen LogP contribution in [0, 0.1) is 13.8 Å². The number of hydrogen-bond acceptors (Lipinski definition) is 2. The van der Waals surface area contributed by atoms with E-state index in [0.29, 0.717) is 10.8 Å². The molecule has 1 heterocycles. The van der Waals surface area contributed by atoms with Gasteiger partial charge in [0.15, 0.2) is 0 Å². The minimum absolute atomic E-state index is 0.616. The van der Waals surface area contributed by atoms with Gasteiger partial charge in [0, 0.05) is 16.7 Å². The molecule has 3 aromatic rings. The highest BCUT2D eigenvalue weighted by molar-refractivity contribution is 6.30. The van der Waals surface area contributed by atoms with Crippen molar-refractivity contribution in [3.05, 3.63) is 64.7 Å². The number of hydrogen-bond donors (Lipinski definition) is 1. The molecule has 4 heteroatoms. The molecule has 0 saturated carbocycles. The summed E-state index contributed by atoms with van der Waals surface area (Å²) in [5.41, 5.74) is 11.3. The lowest BCUT2D eigenvalue weighted by Gasteiger charge is -2.06. The van der Waals surface area contributed by atoms with Gasteiger partial charge in [0.05, 0.1) is 11.4 Å². The van der Waals surface area contributed by atoms with E-state index in [1.54, 1.807) is 4.68 Å². The highest BCUT2D eigenvalue weighted by atomic mass is 35.5. The molecule has 3 rings (SSSR count). The second kappa shape index (κ2) is 5.26. The molecular weight excluding hydrogens is 282 g/mol. The number of nitrogens with two attached hydrogens (primary N) is 1. The predicted octanol–water partition coefficient (Wildman–Crippen LogP) is 4.39. The summed E-state index contributed by atoms with van der Waals surface area (Å²) in [5.74, 6) is 0.616. The number of rotatable bonds is 2. The van der Waals surface area contributed by atoms with Crippen LogP contribution in [-0.2, 0) is 0 Å². The molecule has 0 aliphatic rings. The summed E-state index contributed by atoms with van der Waals surface area (Å²) in [4.78, 5) is 0. The second-order valence-corrected chi connectivity index (χ2v) is 5.66. The first-order valence-corrected chi connectivity index (χ1v) is 7.11. The highest BCUT2D eigenvalue weighted by Gasteiger charge is 2.09. The summed E-state index contributed by atoms with van der Waals surface area (Å²) in [6.07, 6.45) is 0. The van der Waals surface area contributed by atoms with E-state index < -0.39 is 0 Å². The number of nitrogens with zero attached hydrogens (tertiary/aromatic N) is 2. The SMILES string of the molecule is Cc1cc(C)cc(-n2nc(-c3ccc(Cl)cc3)cc2N)c1. The lowest BCUT2D eigenvalue weighted by molar-refractivity contribution is 0.892. The quantitative estimate of drug-likeness (QED) is 0.762. The zero-order valence-electron chi connectivity index (χ0n) is 12.0. The molecule has 0 unspecified atom stereocenters. The molecule has 2 N–H and O–H groups in total. The molecule has 3 nitrogen and oxygen atoms in total. The molecule has 21 heavy (non-hydrogen) atoms. The van der Waals surface area contributed by atoms with Gasteiger partial charge in [-0.25, -0.2) is 4.68 Å². The van der Waals surface area contributed by atoms with E-state index in [2.05, 4.69) is 37.1 Å². The van der Waals surface area contributed by atoms with Crippen LogP contribution < -0.4 is 5.73 Å². The fraction of sp³-hybridized carbons (Fsp3) is 0.118. The van der Waals surface area contributed by atoms with Crippen LogP contribution in [0.2, 0.25) is 5.02 Å². The van der Waals surface area contributed by atoms with Gasteiger partial charge >= 0.3 is 0 Å². The number of aryl methyl sites for hydroxylation is 2. The van der Waals surface area contributed by atoms with E-state index in [-0.39, 0.29) is 0 Å². The van der Waals surface area contributed by atoms with Crippen molar-refractivity contribution in [1.29, 1.82) is 0 Å². The molecule has 1 aromatic heterocycles. The summed E-state index contributed by atoms with van der Waals surface area (Å²) >= 11 is 5.92. The third-order valence-electron chi connectivity index (χ3n) is 3.33. The third kappa shape index (κ3) is 2.78. The average molecular weight is 298 g/mol. The van der Waals surface area contributed by atoms with Gasteiger partial charge in [0.25, 0.3) is 0 Å². The molecule has 0 bridgehead atoms. The second-order valence-electron chi connectivity index (χ2n) is 5.22. The molecule has 0 spiro atoms. The maximum absolute atomic E-state index is 6.12. The van der Waals surface area contributed by atoms with Crippen LogP contribution >= 0.6 is 11.6 Å². The summed E-state index contributed by atoms with van der Waals surface area (Å²) in [6.45, 7) is 4.13. The van der Waals surface area contributed by atoms with Crippen molar-refractivity contribution in [2.45, 2.75) is 13.8 Å². The Balaban J connectivity index is 2.07. The normalized spacial score (nSPS) is 10.8. The van der Waals surface area contributed by atoms with Crippen molar-refractivity contribution >= 4 is 17.4 Å². The highest BCUT2D eigenvalue weighted by Crippen LogP contribution is 2.25. The topological polar surface area (TPSA) is 43.8 Å². The third-order valence-corrected chi connectivity index (χ3v) is 3.58. The van der Waals surface area contributed by atoms with Crippen LogP contribution in [-0.4, -0.2) is 9.78 Å². The number of nitrogen functional groups attached to an aromatic ring is 1. The Morgan fingerprint density at radius 3 is 2.19 bits per heavy atom. The number of aromatic nitrogens is 2. The van der Waals surface area contributed by atoms with E-state index in [0.717, 1.165) is 16.9 Å². The van der Waals surface area contributed by atoms with Gasteiger partial charge in [0.1, 0.15) is 5.82 Å². The van der Waals surface area contributed by atoms with Gasteiger partial charge in [-0.05, 0) is 49.2 Å². The average Bonchev–Trinajstić information content (AvgIpc) is 2.80. The van der Waals surface area contributed by atoms with Crippen molar-refractivity contribution in [2.24, 2.45) is 0 Å². The number of benzene rings is 2. The predicted molar refractivity (Wildman–Crippen MR) is 87.9 cm³/mol. The molecule has 0 amide bonds. The van der Waals surface area contributed by atoms with Crippen LogP contribution in [0.1, 0.15) is 11.1 Å². The lowest BCUT2D eigenvalue weighted by atomic mass is 10.1. The van der Waals surface area contributed by atoms with Gasteiger partial charge in [-0.1, -0.05) is 29.8 Å². The fourth-order valence-electron chi connectivity index (χ4n) is 2.44. The van der Waals surface area contributed by atoms with E-state index >= 15 is 0 Å². The Morgan fingerprint density at radius 1 is 0.952 bits per heavy atom. The van der Waals surface area contributed by atoms with Gasteiger partial charge in [-0.15, -0.1) is 0 Å². The fourth-order valence-corrected chi connectivity index (χ4v) is 2.56. The van der Waals surface area contributed by atoms with Gasteiger partial charge in [0.2, 0.25) is 0 Å². The first-order chi connectivity index (χ1) is 10.0. The molecule has 2 aromatic carbocycles. The van der Waals surface area contributed by atoms with Crippen molar-refractivity contribution in [1.82, 2.24) is 9.78 Å². The van der Waals surface area contributed by atoms with Crippen LogP contribution in [0.3, 0.4) is 0 Å². The molecule has 0 fully saturated rings. The lowest BCUT2D eigenvalue weighted by Crippen LogP contribution is -2.02. The Morgan fingerprint density at radius 2 is 1.57 bits per heavy atom. The summed E-state index contributed by atoms with van der Waals surface area (Å²) < 4.78 is 1.77. The molecule has 0 radical (unpaired) electrons. The van der Waals surface area contributed by atoms with Crippen molar-refractivity contribution in [3.63, 3.8) is 0 Å². The Kier molecular flexibility index (Phi) is 3.43. The summed E-state index contributed by atoms with van der Waals surface area (Å²) in [7, 11) is 0. The molecule has 0 aliphatic heterocycles. The number of halogens is 1. The van der Waals surface area contributed by atoms with Gasteiger partial charge in [-0.2, -0.15) is 5.10 Å². The maximum atomic E-state index is 6.12. The van der Waals surface area contributed by atoms with Crippen molar-refractivity contribution in [3.8, 4) is 16.9 Å². The first-order valence-electron chi connectivity index (χ1n) is 6.73. The molecular formula is C17H16ClN3. The van der Waals surface area contributed by atoms with E-state index in [9.17, 15) is 0 Å². The Labute approximate surface area is 129 Å². The van der Waals surface area contributed by atoms with E-state index in [4.69, 9.17) is 17.3 Å². The minimum atomic E-state index is 0.616. The number of anilines is 1. The molecule has 0 atom stereocenters. The summed E-state index contributed by atoms with van der Waals surface area (Å²) in [6, 6.07) is 15.7. The first kappa shape index (κ1) is 13.7. The summed E-state index contributed by atoms with van der Waals surface area (Å²) in [5, 5.41) is 5.32. The smallest absolute Gasteiger partial charge is 0.127 e. The monoisotopic (exact) mass is 297 g/mol. The van der Waals surface area contributed by atoms with Crippen LogP contribution in [0.4, 0.5) is 5.82 Å². The van der Waals surface area contributed by atoms with Gasteiger partial charge in [-0.3, -0.25) is 0 Å². The zero-order valence-corrected chi connectivity index (χ0v) is 12.7. The van der Waals surface area contributed by atoms with Crippen molar-refractivity contribution in [2.75, 3.05) is 5.73 Å². The zero-order chi connectivity index (χ0) is 15.0. The molecule has 0 saturated heterocycles. The Hall–Kier alpha value is -2.26. The van der Waals surface area contributed by atoms with E-state index in [1.807, 2.05) is 30.3 Å². The molecule has 106 valence electrons. The minimum Gasteiger partial charge on any atom is -0.384 e. The Bertz CT molecular complexity index is 768. The largest absolute Gasteiger partial charge is 0.384 e. The van der Waals surface area contributed by atoms with E-state index in [1.165, 1.54) is 11.1 Å². The van der Waals surface area contributed by atoms with Crippen LogP contribution in [0.25, 0.3) is 16.9 Å². The van der Waals surface area contributed by atoms with Crippen LogP contribution in [0.15, 0.2) is 48.5 Å². The standard InChI is InChI=1S/C17H16ClN3/c1-11-7-12(2)9-15(8-11)21-17(19)10-16(20-21)13-3-5-14(18)6-4-13/h3-10H,19H2,1-2H3. The van der Waals surface area contributed by atoms with Crippen LogP contribution in [0.5, 0.6) is 0 Å². The molecule has 0 aliphatic carbocycles.